The topological polar surface area (TPSA) is 80.7 Å². The molecule has 0 rings (SSSR count). The van der Waals surface area contributed by atoms with Crippen molar-refractivity contribution in [2.75, 3.05) is 13.2 Å². The summed E-state index contributed by atoms with van der Waals surface area (Å²) in [7, 11) is 0. The molecule has 0 aliphatic rings. The molecule has 0 saturated carbocycles. The number of aliphatic hydroxyl groups is 1. The van der Waals surface area contributed by atoms with E-state index < -0.39 is 5.97 Å². The van der Waals surface area contributed by atoms with Crippen LogP contribution in [0.25, 0.3) is 0 Å². The maximum Gasteiger partial charge on any atom is 0.333 e. The van der Waals surface area contributed by atoms with E-state index in [0.717, 1.165) is 12.6 Å². The second kappa shape index (κ2) is 13.5. The number of ether oxygens (including phenoxy) is 1. The number of carbonyl (C=O) groups excluding carboxylic acids is 3. The van der Waals surface area contributed by atoms with Crippen molar-refractivity contribution in [1.29, 1.82) is 0 Å². The zero-order valence-electron chi connectivity index (χ0n) is 9.48. The summed E-state index contributed by atoms with van der Waals surface area (Å²) in [5.74, 6) is -0.455. The van der Waals surface area contributed by atoms with Crippen molar-refractivity contribution in [3.05, 3.63) is 12.2 Å². The molecule has 0 fully saturated rings. The Bertz CT molecular complexity index is 214. The monoisotopic (exact) mass is 230 g/mol. The highest BCUT2D eigenvalue weighted by Gasteiger charge is 1.99. The van der Waals surface area contributed by atoms with E-state index in [0.29, 0.717) is 24.8 Å². The van der Waals surface area contributed by atoms with E-state index in [9.17, 15) is 14.4 Å². The zero-order valence-corrected chi connectivity index (χ0v) is 9.48. The lowest BCUT2D eigenvalue weighted by molar-refractivity contribution is -0.139. The number of hydrogen-bond donors (Lipinski definition) is 1. The van der Waals surface area contributed by atoms with Crippen LogP contribution in [0.15, 0.2) is 12.2 Å². The van der Waals surface area contributed by atoms with Crippen molar-refractivity contribution >= 4 is 18.5 Å². The minimum Gasteiger partial charge on any atom is -0.460 e. The van der Waals surface area contributed by atoms with Crippen LogP contribution in [0.1, 0.15) is 26.2 Å². The lowest BCUT2D eigenvalue weighted by Crippen LogP contribution is -2.08. The molecule has 0 aromatic carbocycles. The molecular weight excluding hydrogens is 212 g/mol. The van der Waals surface area contributed by atoms with Gasteiger partial charge in [-0.15, -0.1) is 0 Å². The van der Waals surface area contributed by atoms with Crippen LogP contribution in [0, 0.1) is 0 Å². The fraction of sp³-hybridized carbons (Fsp3) is 0.545. The molecule has 0 heterocycles. The second-order valence-electron chi connectivity index (χ2n) is 2.90. The van der Waals surface area contributed by atoms with Gasteiger partial charge in [-0.25, -0.2) is 4.79 Å². The van der Waals surface area contributed by atoms with Gasteiger partial charge in [0.25, 0.3) is 0 Å². The number of carbonyl (C=O) groups is 3. The number of unbranched alkanes of at least 4 members (excludes halogenated alkanes) is 2. The third-order valence-corrected chi connectivity index (χ3v) is 1.32. The molecule has 5 heteroatoms. The minimum atomic E-state index is -0.455. The van der Waals surface area contributed by atoms with Crippen molar-refractivity contribution in [2.24, 2.45) is 0 Å². The zero-order chi connectivity index (χ0) is 12.8. The summed E-state index contributed by atoms with van der Waals surface area (Å²) >= 11 is 0. The molecule has 0 radical (unpaired) electrons. The van der Waals surface area contributed by atoms with Crippen LogP contribution in [0.2, 0.25) is 0 Å². The first-order valence-corrected chi connectivity index (χ1v) is 4.90. The van der Waals surface area contributed by atoms with Crippen LogP contribution in [0.4, 0.5) is 0 Å². The normalized spacial score (nSPS) is 8.38. The highest BCUT2D eigenvalue weighted by atomic mass is 16.5. The van der Waals surface area contributed by atoms with Crippen LogP contribution in [-0.2, 0) is 19.1 Å². The van der Waals surface area contributed by atoms with E-state index in [2.05, 4.69) is 11.3 Å². The molecule has 0 atom stereocenters. The van der Waals surface area contributed by atoms with Gasteiger partial charge in [0.05, 0.1) is 6.61 Å². The third kappa shape index (κ3) is 15.0. The lowest BCUT2D eigenvalue weighted by atomic mass is 10.3. The SMILES string of the molecule is C=C(C)C(=O)OCCO.O=CCCCC=O. The van der Waals surface area contributed by atoms with Crippen molar-refractivity contribution in [1.82, 2.24) is 0 Å². The van der Waals surface area contributed by atoms with Gasteiger partial charge in [-0.3, -0.25) is 0 Å². The summed E-state index contributed by atoms with van der Waals surface area (Å²) in [6.07, 6.45) is 3.37. The predicted molar refractivity (Wildman–Crippen MR) is 58.8 cm³/mol. The van der Waals surface area contributed by atoms with Crippen LogP contribution < -0.4 is 0 Å². The molecule has 0 unspecified atom stereocenters. The van der Waals surface area contributed by atoms with Crippen molar-refractivity contribution in [3.8, 4) is 0 Å². The number of esters is 1. The van der Waals surface area contributed by atoms with Gasteiger partial charge in [-0.1, -0.05) is 6.58 Å². The Labute approximate surface area is 95.1 Å². The Morgan fingerprint density at radius 3 is 2.12 bits per heavy atom. The van der Waals surface area contributed by atoms with E-state index in [4.69, 9.17) is 5.11 Å². The molecule has 0 spiro atoms. The Balaban J connectivity index is 0. The summed E-state index contributed by atoms with van der Waals surface area (Å²) in [5.41, 5.74) is 0.350. The van der Waals surface area contributed by atoms with Crippen LogP contribution in [0.5, 0.6) is 0 Å². The maximum atomic E-state index is 10.5. The Morgan fingerprint density at radius 1 is 1.31 bits per heavy atom. The van der Waals surface area contributed by atoms with Gasteiger partial charge >= 0.3 is 5.97 Å². The molecule has 92 valence electrons. The van der Waals surface area contributed by atoms with Gasteiger partial charge < -0.3 is 19.4 Å². The van der Waals surface area contributed by atoms with E-state index in [-0.39, 0.29) is 13.2 Å². The highest BCUT2D eigenvalue weighted by Crippen LogP contribution is 1.89. The average molecular weight is 230 g/mol. The molecular formula is C11H18O5. The molecule has 16 heavy (non-hydrogen) atoms. The molecule has 5 nitrogen and oxygen atoms in total. The predicted octanol–water partition coefficient (Wildman–Crippen LogP) is 0.653. The first kappa shape index (κ1) is 16.9. The number of aldehydes is 2. The van der Waals surface area contributed by atoms with Gasteiger partial charge in [0.2, 0.25) is 0 Å². The number of hydrogen-bond acceptors (Lipinski definition) is 5. The Hall–Kier alpha value is -1.49. The quantitative estimate of drug-likeness (QED) is 0.300. The molecule has 0 saturated heterocycles. The van der Waals surface area contributed by atoms with E-state index in [1.807, 2.05) is 0 Å². The summed E-state index contributed by atoms with van der Waals surface area (Å²) < 4.78 is 4.46. The summed E-state index contributed by atoms with van der Waals surface area (Å²) in [6.45, 7) is 4.81. The summed E-state index contributed by atoms with van der Waals surface area (Å²) in [5, 5.41) is 8.19. The van der Waals surface area contributed by atoms with Crippen molar-refractivity contribution in [3.63, 3.8) is 0 Å². The fourth-order valence-corrected chi connectivity index (χ4v) is 0.546. The fourth-order valence-electron chi connectivity index (χ4n) is 0.546. The minimum absolute atomic E-state index is 0.0473. The summed E-state index contributed by atoms with van der Waals surface area (Å²) in [4.78, 5) is 29.6. The molecule has 0 aliphatic heterocycles. The van der Waals surface area contributed by atoms with Crippen LogP contribution in [0.3, 0.4) is 0 Å². The molecule has 0 bridgehead atoms. The molecule has 0 aliphatic carbocycles. The first-order valence-electron chi connectivity index (χ1n) is 4.90. The largest absolute Gasteiger partial charge is 0.460 e. The highest BCUT2D eigenvalue weighted by molar-refractivity contribution is 5.86. The third-order valence-electron chi connectivity index (χ3n) is 1.32. The van der Waals surface area contributed by atoms with E-state index >= 15 is 0 Å². The van der Waals surface area contributed by atoms with E-state index in [1.165, 1.54) is 0 Å². The standard InChI is InChI=1S/C6H10O3.C5H8O2/c1-5(2)6(8)9-4-3-7;6-4-2-1-3-5-7/h7H,1,3-4H2,2H3;4-5H,1-3H2. The van der Waals surface area contributed by atoms with E-state index in [1.54, 1.807) is 6.92 Å². The van der Waals surface area contributed by atoms with Gasteiger partial charge in [0.15, 0.2) is 0 Å². The maximum absolute atomic E-state index is 10.5. The molecule has 0 aromatic heterocycles. The molecule has 0 amide bonds. The van der Waals surface area contributed by atoms with Gasteiger partial charge in [0, 0.05) is 18.4 Å². The number of rotatable bonds is 7. The van der Waals surface area contributed by atoms with Gasteiger partial charge in [-0.05, 0) is 13.3 Å². The Kier molecular flexibility index (Phi) is 14.3. The van der Waals surface area contributed by atoms with Crippen LogP contribution >= 0.6 is 0 Å². The summed E-state index contributed by atoms with van der Waals surface area (Å²) in [6, 6.07) is 0. The second-order valence-corrected chi connectivity index (χ2v) is 2.90. The molecule has 0 aromatic rings. The van der Waals surface area contributed by atoms with Crippen LogP contribution in [-0.4, -0.2) is 36.9 Å². The van der Waals surface area contributed by atoms with Gasteiger partial charge in [-0.2, -0.15) is 0 Å². The number of aliphatic hydroxyl groups excluding tert-OH is 1. The van der Waals surface area contributed by atoms with Crippen molar-refractivity contribution in [2.45, 2.75) is 26.2 Å². The lowest BCUT2D eigenvalue weighted by Gasteiger charge is -1.99. The Morgan fingerprint density at radius 2 is 1.81 bits per heavy atom. The smallest absolute Gasteiger partial charge is 0.333 e. The average Bonchev–Trinajstić information content (AvgIpc) is 2.27. The first-order chi connectivity index (χ1) is 7.59. The van der Waals surface area contributed by atoms with Crippen molar-refractivity contribution < 1.29 is 24.2 Å². The van der Waals surface area contributed by atoms with Gasteiger partial charge in [0.1, 0.15) is 19.2 Å². The molecule has 1 N–H and O–H groups in total.